The maximum Gasteiger partial charge on any atom is 0.120 e. The molecular formula is C18H21N3. The highest BCUT2D eigenvalue weighted by molar-refractivity contribution is 5.35. The van der Waals surface area contributed by atoms with Crippen LogP contribution in [0.15, 0.2) is 30.3 Å². The largest absolute Gasteiger partial charge is 0.340 e. The Kier molecular flexibility index (Phi) is 3.81. The second-order valence-corrected chi connectivity index (χ2v) is 5.84. The lowest BCUT2D eigenvalue weighted by atomic mass is 9.87. The Morgan fingerprint density at radius 2 is 2.19 bits per heavy atom. The number of benzene rings is 1. The summed E-state index contributed by atoms with van der Waals surface area (Å²) in [5.74, 6) is 0. The molecule has 0 spiro atoms. The normalized spacial score (nSPS) is 17.3. The van der Waals surface area contributed by atoms with Crippen LogP contribution < -0.4 is 5.32 Å². The van der Waals surface area contributed by atoms with E-state index >= 15 is 0 Å². The van der Waals surface area contributed by atoms with Gasteiger partial charge in [-0.3, -0.25) is 0 Å². The molecule has 1 aromatic heterocycles. The molecule has 0 fully saturated rings. The molecule has 0 radical (unpaired) electrons. The molecule has 0 saturated carbocycles. The molecule has 1 aliphatic rings. The van der Waals surface area contributed by atoms with Crippen molar-refractivity contribution in [1.82, 2.24) is 9.88 Å². The summed E-state index contributed by atoms with van der Waals surface area (Å²) in [6.45, 7) is 2.90. The van der Waals surface area contributed by atoms with Gasteiger partial charge in [0, 0.05) is 25.3 Å². The minimum Gasteiger partial charge on any atom is -0.340 e. The van der Waals surface area contributed by atoms with Gasteiger partial charge in [0.2, 0.25) is 0 Å². The molecule has 0 bridgehead atoms. The van der Waals surface area contributed by atoms with Gasteiger partial charge in [-0.2, -0.15) is 5.26 Å². The smallest absolute Gasteiger partial charge is 0.120 e. The number of fused-ring (bicyclic) bond motifs is 1. The minimum atomic E-state index is 0.431. The van der Waals surface area contributed by atoms with E-state index in [-0.39, 0.29) is 0 Å². The SMILES string of the molecule is Cc1c(CNC2CCCc3ccccc32)cc(C#N)n1C. The number of nitrogens with one attached hydrogen (secondary N) is 1. The van der Waals surface area contributed by atoms with Crippen molar-refractivity contribution >= 4 is 0 Å². The van der Waals surface area contributed by atoms with Crippen molar-refractivity contribution in [3.05, 3.63) is 58.4 Å². The highest BCUT2D eigenvalue weighted by Crippen LogP contribution is 2.29. The summed E-state index contributed by atoms with van der Waals surface area (Å²) in [5.41, 5.74) is 6.04. The molecule has 1 unspecified atom stereocenters. The van der Waals surface area contributed by atoms with Gasteiger partial charge in [0.15, 0.2) is 0 Å². The van der Waals surface area contributed by atoms with E-state index in [1.807, 2.05) is 17.7 Å². The lowest BCUT2D eigenvalue weighted by molar-refractivity contribution is 0.458. The van der Waals surface area contributed by atoms with Gasteiger partial charge in [0.1, 0.15) is 11.8 Å². The first kappa shape index (κ1) is 13.9. The minimum absolute atomic E-state index is 0.431. The van der Waals surface area contributed by atoms with Gasteiger partial charge in [-0.05, 0) is 48.9 Å². The summed E-state index contributed by atoms with van der Waals surface area (Å²) in [6.07, 6.45) is 3.62. The number of aromatic nitrogens is 1. The zero-order chi connectivity index (χ0) is 14.8. The molecule has 0 aliphatic heterocycles. The third-order valence-electron chi connectivity index (χ3n) is 4.66. The van der Waals surface area contributed by atoms with E-state index in [0.29, 0.717) is 6.04 Å². The molecule has 2 aromatic rings. The fraction of sp³-hybridized carbons (Fsp3) is 0.389. The van der Waals surface area contributed by atoms with Crippen LogP contribution >= 0.6 is 0 Å². The van der Waals surface area contributed by atoms with Crippen LogP contribution in [-0.4, -0.2) is 4.57 Å². The Bertz CT molecular complexity index is 691. The van der Waals surface area contributed by atoms with Crippen molar-refractivity contribution in [2.45, 2.75) is 38.8 Å². The van der Waals surface area contributed by atoms with Crippen molar-refractivity contribution in [3.8, 4) is 6.07 Å². The van der Waals surface area contributed by atoms with Gasteiger partial charge in [-0.1, -0.05) is 24.3 Å². The molecule has 0 saturated heterocycles. The Balaban J connectivity index is 1.76. The lowest BCUT2D eigenvalue weighted by Gasteiger charge is -2.26. The first-order valence-electron chi connectivity index (χ1n) is 7.57. The molecule has 0 amide bonds. The maximum atomic E-state index is 9.11. The summed E-state index contributed by atoms with van der Waals surface area (Å²) in [7, 11) is 1.95. The van der Waals surface area contributed by atoms with E-state index in [2.05, 4.69) is 42.6 Å². The van der Waals surface area contributed by atoms with E-state index < -0.39 is 0 Å². The molecule has 3 rings (SSSR count). The number of hydrogen-bond donors (Lipinski definition) is 1. The molecular weight excluding hydrogens is 258 g/mol. The van der Waals surface area contributed by atoms with Gasteiger partial charge < -0.3 is 9.88 Å². The van der Waals surface area contributed by atoms with Crippen LogP contribution in [0.5, 0.6) is 0 Å². The van der Waals surface area contributed by atoms with Gasteiger partial charge >= 0.3 is 0 Å². The molecule has 108 valence electrons. The van der Waals surface area contributed by atoms with Crippen molar-refractivity contribution in [2.75, 3.05) is 0 Å². The fourth-order valence-corrected chi connectivity index (χ4v) is 3.25. The number of nitrogens with zero attached hydrogens (tertiary/aromatic N) is 2. The Morgan fingerprint density at radius 3 is 2.95 bits per heavy atom. The average molecular weight is 279 g/mol. The van der Waals surface area contributed by atoms with Crippen LogP contribution in [0.4, 0.5) is 0 Å². The van der Waals surface area contributed by atoms with Crippen LogP contribution in [0.3, 0.4) is 0 Å². The molecule has 1 aliphatic carbocycles. The first-order chi connectivity index (χ1) is 10.2. The number of hydrogen-bond acceptors (Lipinski definition) is 2. The molecule has 3 heteroatoms. The highest BCUT2D eigenvalue weighted by Gasteiger charge is 2.19. The van der Waals surface area contributed by atoms with Gasteiger partial charge in [0.25, 0.3) is 0 Å². The third-order valence-corrected chi connectivity index (χ3v) is 4.66. The summed E-state index contributed by atoms with van der Waals surface area (Å²) in [4.78, 5) is 0. The molecule has 1 heterocycles. The fourth-order valence-electron chi connectivity index (χ4n) is 3.25. The second-order valence-electron chi connectivity index (χ2n) is 5.84. The van der Waals surface area contributed by atoms with E-state index in [0.717, 1.165) is 12.2 Å². The Morgan fingerprint density at radius 1 is 1.38 bits per heavy atom. The predicted molar refractivity (Wildman–Crippen MR) is 83.8 cm³/mol. The first-order valence-corrected chi connectivity index (χ1v) is 7.57. The Labute approximate surface area is 126 Å². The molecule has 3 nitrogen and oxygen atoms in total. The van der Waals surface area contributed by atoms with Crippen LogP contribution in [0.1, 0.15) is 47.0 Å². The van der Waals surface area contributed by atoms with Crippen molar-refractivity contribution in [3.63, 3.8) is 0 Å². The van der Waals surface area contributed by atoms with Gasteiger partial charge in [0.05, 0.1) is 0 Å². The number of aryl methyl sites for hydroxylation is 1. The van der Waals surface area contributed by atoms with Gasteiger partial charge in [-0.25, -0.2) is 0 Å². The lowest BCUT2D eigenvalue weighted by Crippen LogP contribution is -2.25. The molecule has 1 atom stereocenters. The van der Waals surface area contributed by atoms with Crippen LogP contribution in [-0.2, 0) is 20.0 Å². The van der Waals surface area contributed by atoms with E-state index in [9.17, 15) is 0 Å². The van der Waals surface area contributed by atoms with E-state index in [4.69, 9.17) is 5.26 Å². The van der Waals surface area contributed by atoms with E-state index in [1.54, 1.807) is 0 Å². The predicted octanol–water partition coefficient (Wildman–Crippen LogP) is 3.37. The van der Waals surface area contributed by atoms with E-state index in [1.165, 1.54) is 41.6 Å². The van der Waals surface area contributed by atoms with Crippen molar-refractivity contribution < 1.29 is 0 Å². The molecule has 1 aromatic carbocycles. The summed E-state index contributed by atoms with van der Waals surface area (Å²) in [6, 6.07) is 13.4. The Hall–Kier alpha value is -2.05. The summed E-state index contributed by atoms with van der Waals surface area (Å²) in [5, 5.41) is 12.8. The second kappa shape index (κ2) is 5.75. The molecule has 1 N–H and O–H groups in total. The highest BCUT2D eigenvalue weighted by atomic mass is 15.0. The quantitative estimate of drug-likeness (QED) is 0.935. The topological polar surface area (TPSA) is 40.8 Å². The van der Waals surface area contributed by atoms with Crippen molar-refractivity contribution in [2.24, 2.45) is 7.05 Å². The monoisotopic (exact) mass is 279 g/mol. The average Bonchev–Trinajstić information content (AvgIpc) is 2.80. The zero-order valence-electron chi connectivity index (χ0n) is 12.7. The number of rotatable bonds is 3. The number of nitriles is 1. The van der Waals surface area contributed by atoms with Crippen LogP contribution in [0.2, 0.25) is 0 Å². The zero-order valence-corrected chi connectivity index (χ0v) is 12.7. The maximum absolute atomic E-state index is 9.11. The summed E-state index contributed by atoms with van der Waals surface area (Å²) < 4.78 is 1.96. The third kappa shape index (κ3) is 2.59. The van der Waals surface area contributed by atoms with Gasteiger partial charge in [-0.15, -0.1) is 0 Å². The standard InChI is InChI=1S/C18H21N3/c1-13-15(10-16(11-19)21(13)2)12-20-18-9-5-7-14-6-3-4-8-17(14)18/h3-4,6,8,10,18,20H,5,7,9,12H2,1-2H3. The summed E-state index contributed by atoms with van der Waals surface area (Å²) >= 11 is 0. The van der Waals surface area contributed by atoms with Crippen molar-refractivity contribution in [1.29, 1.82) is 5.26 Å². The van der Waals surface area contributed by atoms with Crippen LogP contribution in [0, 0.1) is 18.3 Å². The van der Waals surface area contributed by atoms with Crippen LogP contribution in [0.25, 0.3) is 0 Å². The molecule has 21 heavy (non-hydrogen) atoms.